The Hall–Kier alpha value is 0.610. The molecule has 0 saturated carbocycles. The third-order valence-corrected chi connectivity index (χ3v) is 0. The normalized spacial score (nSPS) is 9.67. The van der Waals surface area contributed by atoms with Gasteiger partial charge in [-0.2, -0.15) is 8.42 Å². The summed E-state index contributed by atoms with van der Waals surface area (Å²) < 4.78 is 25.2. The molecule has 6 heteroatoms. The monoisotopic (exact) mass is 294 g/mol. The molecule has 0 heterocycles. The molecule has 0 spiro atoms. The van der Waals surface area contributed by atoms with Gasteiger partial charge in [-0.15, -0.1) is 0 Å². The van der Waals surface area contributed by atoms with E-state index in [4.69, 9.17) is 13.0 Å². The van der Waals surface area contributed by atoms with Crippen LogP contribution >= 0.6 is 0 Å². The Morgan fingerprint density at radius 2 is 1.50 bits per heavy atom. The Labute approximate surface area is 51.1 Å². The Morgan fingerprint density at radius 3 is 1.50 bits per heavy atom. The topological polar surface area (TPSA) is 80.4 Å². The largest absolute Gasteiger partial charge is 0.330 e. The first-order valence-corrected chi connectivity index (χ1v) is 2.25. The van der Waals surface area contributed by atoms with Gasteiger partial charge in [-0.05, 0) is 0 Å². The van der Waals surface area contributed by atoms with Gasteiger partial charge in [0, 0.05) is 22.4 Å². The summed E-state index contributed by atoms with van der Waals surface area (Å²) in [6.07, 6.45) is 0. The van der Waals surface area contributed by atoms with Crippen LogP contribution in [0.5, 0.6) is 0 Å². The van der Waals surface area contributed by atoms with E-state index in [-0.39, 0.29) is 22.4 Å². The van der Waals surface area contributed by atoms with Crippen LogP contribution in [0.25, 0.3) is 0 Å². The molecule has 1 radical (unpaired) electrons. The summed E-state index contributed by atoms with van der Waals surface area (Å²) >= 11 is 0. The van der Waals surface area contributed by atoms with Gasteiger partial charge in [-0.3, -0.25) is 4.55 Å². The average Bonchev–Trinajstić information content (AvgIpc) is 0.722. The minimum absolute atomic E-state index is 0. The fraction of sp³-hybridized carbons (Fsp3) is 0. The third kappa shape index (κ3) is 161. The third-order valence-electron chi connectivity index (χ3n) is 0. The van der Waals surface area contributed by atoms with Gasteiger partial charge in [-0.1, -0.05) is 0 Å². The predicted octanol–water partition coefficient (Wildman–Crippen LogP) is -1.25. The molecule has 43 valence electrons. The molecule has 0 aliphatic rings. The van der Waals surface area contributed by atoms with Crippen molar-refractivity contribution < 1.29 is 35.4 Å². The minimum Gasteiger partial charge on any atom is -0.274 e. The van der Waals surface area contributed by atoms with E-state index in [0.29, 0.717) is 0 Å². The van der Waals surface area contributed by atoms with Crippen molar-refractivity contribution in [3.05, 3.63) is 0 Å². The SMILES string of the molecule is NS(=O)(=O)O.[Au]. The van der Waals surface area contributed by atoms with E-state index >= 15 is 0 Å². The molecule has 0 aromatic carbocycles. The molecule has 0 aromatic rings. The van der Waals surface area contributed by atoms with E-state index in [1.807, 2.05) is 0 Å². The molecule has 0 amide bonds. The zero-order valence-electron chi connectivity index (χ0n) is 2.55. The van der Waals surface area contributed by atoms with Gasteiger partial charge in [0.15, 0.2) is 0 Å². The molecule has 0 atom stereocenters. The Kier molecular flexibility index (Phi) is 4.45. The molecule has 0 fully saturated rings. The molecular weight excluding hydrogens is 291 g/mol. The summed E-state index contributed by atoms with van der Waals surface area (Å²) in [4.78, 5) is 0. The maximum Gasteiger partial charge on any atom is 0.330 e. The van der Waals surface area contributed by atoms with Crippen molar-refractivity contribution in [1.82, 2.24) is 0 Å². The van der Waals surface area contributed by atoms with Crippen molar-refractivity contribution in [2.75, 3.05) is 0 Å². The van der Waals surface area contributed by atoms with Gasteiger partial charge in [0.05, 0.1) is 0 Å². The molecule has 0 aromatic heterocycles. The van der Waals surface area contributed by atoms with E-state index in [0.717, 1.165) is 0 Å². The zero-order chi connectivity index (χ0) is 4.50. The summed E-state index contributed by atoms with van der Waals surface area (Å²) in [5, 5.41) is 3.88. The summed E-state index contributed by atoms with van der Waals surface area (Å²) in [7, 11) is -4.17. The smallest absolute Gasteiger partial charge is 0.274 e. The quantitative estimate of drug-likeness (QED) is 0.432. The van der Waals surface area contributed by atoms with Crippen molar-refractivity contribution in [3.63, 3.8) is 0 Å². The molecule has 0 rings (SSSR count). The second-order valence-electron chi connectivity index (χ2n) is 0.515. The number of hydrogen-bond donors (Lipinski definition) is 2. The summed E-state index contributed by atoms with van der Waals surface area (Å²) in [6.45, 7) is 0. The Bertz CT molecular complexity index is 94.0. The van der Waals surface area contributed by atoms with Crippen LogP contribution in [0, 0.1) is 0 Å². The Morgan fingerprint density at radius 1 is 1.50 bits per heavy atom. The predicted molar refractivity (Wildman–Crippen MR) is 15.7 cm³/mol. The van der Waals surface area contributed by atoms with E-state index in [2.05, 4.69) is 5.14 Å². The molecule has 3 N–H and O–H groups in total. The van der Waals surface area contributed by atoms with E-state index in [9.17, 15) is 0 Å². The maximum absolute atomic E-state index is 8.97. The van der Waals surface area contributed by atoms with Gasteiger partial charge >= 0.3 is 10.3 Å². The molecule has 4 nitrogen and oxygen atoms in total. The first-order chi connectivity index (χ1) is 2.00. The molecule has 0 saturated heterocycles. The van der Waals surface area contributed by atoms with Gasteiger partial charge in [0.25, 0.3) is 0 Å². The summed E-state index contributed by atoms with van der Waals surface area (Å²) in [6, 6.07) is 0. The average molecular weight is 294 g/mol. The molecule has 0 unspecified atom stereocenters. The molecular formula is H3AuNO3S. The number of nitrogens with two attached hydrogens (primary N) is 1. The van der Waals surface area contributed by atoms with Gasteiger partial charge in [-0.25, -0.2) is 5.14 Å². The maximum atomic E-state index is 8.97. The van der Waals surface area contributed by atoms with Crippen molar-refractivity contribution in [2.24, 2.45) is 5.14 Å². The van der Waals surface area contributed by atoms with Crippen LogP contribution in [-0.2, 0) is 32.7 Å². The minimum atomic E-state index is -4.17. The van der Waals surface area contributed by atoms with Crippen LogP contribution in [0.2, 0.25) is 0 Å². The van der Waals surface area contributed by atoms with E-state index in [1.54, 1.807) is 0 Å². The fourth-order valence-corrected chi connectivity index (χ4v) is 0. The first-order valence-electron chi connectivity index (χ1n) is 0.752. The second kappa shape index (κ2) is 2.73. The van der Waals surface area contributed by atoms with Crippen molar-refractivity contribution in [3.8, 4) is 0 Å². The molecule has 0 aliphatic heterocycles. The first kappa shape index (κ1) is 9.79. The number of rotatable bonds is 0. The second-order valence-corrected chi connectivity index (χ2v) is 1.54. The van der Waals surface area contributed by atoms with Crippen LogP contribution in [0.15, 0.2) is 0 Å². The van der Waals surface area contributed by atoms with Crippen LogP contribution in [0.3, 0.4) is 0 Å². The molecule has 0 bridgehead atoms. The molecule has 0 aliphatic carbocycles. The summed E-state index contributed by atoms with van der Waals surface area (Å²) in [5.41, 5.74) is 0. The molecule has 6 heavy (non-hydrogen) atoms. The summed E-state index contributed by atoms with van der Waals surface area (Å²) in [5.74, 6) is 0. The van der Waals surface area contributed by atoms with Gasteiger partial charge in [0.1, 0.15) is 0 Å². The van der Waals surface area contributed by atoms with Gasteiger partial charge in [0.2, 0.25) is 0 Å². The van der Waals surface area contributed by atoms with Crippen LogP contribution in [-0.4, -0.2) is 13.0 Å². The van der Waals surface area contributed by atoms with Gasteiger partial charge < -0.3 is 0 Å². The standard InChI is InChI=1S/Au.H3NO3S/c;1-5(2,3)4/h;(H3,1,2,3,4). The van der Waals surface area contributed by atoms with Crippen LogP contribution in [0.4, 0.5) is 0 Å². The van der Waals surface area contributed by atoms with Crippen molar-refractivity contribution in [1.29, 1.82) is 0 Å². The Balaban J connectivity index is 0. The number of hydrogen-bond acceptors (Lipinski definition) is 2. The van der Waals surface area contributed by atoms with E-state index < -0.39 is 10.3 Å². The van der Waals surface area contributed by atoms with E-state index in [1.165, 1.54) is 0 Å². The van der Waals surface area contributed by atoms with Crippen LogP contribution in [0.1, 0.15) is 0 Å². The van der Waals surface area contributed by atoms with Crippen molar-refractivity contribution in [2.45, 2.75) is 0 Å². The fourth-order valence-electron chi connectivity index (χ4n) is 0. The zero-order valence-corrected chi connectivity index (χ0v) is 5.53. The van der Waals surface area contributed by atoms with Crippen LogP contribution < -0.4 is 5.14 Å². The van der Waals surface area contributed by atoms with Crippen molar-refractivity contribution >= 4 is 10.3 Å².